The summed E-state index contributed by atoms with van der Waals surface area (Å²) in [5.74, 6) is -1.21. The van der Waals surface area contributed by atoms with Crippen LogP contribution in [0.5, 0.6) is 0 Å². The van der Waals surface area contributed by atoms with Crippen molar-refractivity contribution < 1.29 is 14.7 Å². The van der Waals surface area contributed by atoms with Gasteiger partial charge in [-0.15, -0.1) is 0 Å². The van der Waals surface area contributed by atoms with Crippen molar-refractivity contribution >= 4 is 11.8 Å². The van der Waals surface area contributed by atoms with Gasteiger partial charge in [0.1, 0.15) is 0 Å². The van der Waals surface area contributed by atoms with Crippen molar-refractivity contribution in [1.29, 1.82) is 0 Å². The van der Waals surface area contributed by atoms with E-state index in [1.165, 1.54) is 5.56 Å². The molecule has 0 saturated heterocycles. The Labute approximate surface area is 137 Å². The summed E-state index contributed by atoms with van der Waals surface area (Å²) in [4.78, 5) is 23.9. The van der Waals surface area contributed by atoms with Gasteiger partial charge >= 0.3 is 5.97 Å². The van der Waals surface area contributed by atoms with Crippen molar-refractivity contribution in [3.05, 3.63) is 70.3 Å². The van der Waals surface area contributed by atoms with Crippen molar-refractivity contribution in [3.8, 4) is 0 Å². The summed E-state index contributed by atoms with van der Waals surface area (Å²) in [7, 11) is 0. The van der Waals surface area contributed by atoms with E-state index in [0.29, 0.717) is 5.56 Å². The molecule has 0 saturated carbocycles. The SMILES string of the molecule is CCCCc1ccc(CC(=O)c2cccc(C)c2C(=O)O)cc1. The molecule has 0 heterocycles. The van der Waals surface area contributed by atoms with Crippen LogP contribution >= 0.6 is 0 Å². The fourth-order valence-electron chi connectivity index (χ4n) is 2.67. The van der Waals surface area contributed by atoms with Crippen LogP contribution in [-0.2, 0) is 12.8 Å². The lowest BCUT2D eigenvalue weighted by Crippen LogP contribution is -2.12. The quantitative estimate of drug-likeness (QED) is 0.768. The summed E-state index contributed by atoms with van der Waals surface area (Å²) < 4.78 is 0. The maximum atomic E-state index is 12.5. The second-order valence-electron chi connectivity index (χ2n) is 5.82. The smallest absolute Gasteiger partial charge is 0.336 e. The number of hydrogen-bond donors (Lipinski definition) is 1. The van der Waals surface area contributed by atoms with Crippen LogP contribution in [-0.4, -0.2) is 16.9 Å². The van der Waals surface area contributed by atoms with Gasteiger partial charge in [-0.1, -0.05) is 55.8 Å². The lowest BCUT2D eigenvalue weighted by molar-refractivity contribution is 0.0691. The minimum atomic E-state index is -1.05. The number of Topliss-reactive ketones (excluding diaryl/α,β-unsaturated/α-hetero) is 1. The standard InChI is InChI=1S/C20H22O3/c1-3-4-7-15-9-11-16(12-10-15)13-18(21)17-8-5-6-14(2)19(17)20(22)23/h5-6,8-12H,3-4,7,13H2,1-2H3,(H,22,23). The molecule has 0 aromatic heterocycles. The van der Waals surface area contributed by atoms with Gasteiger partial charge in [0.25, 0.3) is 0 Å². The van der Waals surface area contributed by atoms with Gasteiger partial charge in [0.15, 0.2) is 5.78 Å². The zero-order chi connectivity index (χ0) is 16.8. The van der Waals surface area contributed by atoms with E-state index in [1.807, 2.05) is 24.3 Å². The molecule has 0 bridgehead atoms. The average Bonchev–Trinajstić information content (AvgIpc) is 2.53. The van der Waals surface area contributed by atoms with E-state index >= 15 is 0 Å². The van der Waals surface area contributed by atoms with Crippen molar-refractivity contribution in [2.75, 3.05) is 0 Å². The number of aryl methyl sites for hydroxylation is 2. The zero-order valence-corrected chi connectivity index (χ0v) is 13.6. The number of unbranched alkanes of at least 4 members (excludes halogenated alkanes) is 1. The fraction of sp³-hybridized carbons (Fsp3) is 0.300. The first-order chi connectivity index (χ1) is 11.0. The van der Waals surface area contributed by atoms with Gasteiger partial charge in [0, 0.05) is 12.0 Å². The number of benzene rings is 2. The maximum absolute atomic E-state index is 12.5. The number of carboxylic acids is 1. The molecule has 0 aliphatic carbocycles. The van der Waals surface area contributed by atoms with Crippen LogP contribution in [0.1, 0.15) is 57.2 Å². The van der Waals surface area contributed by atoms with Gasteiger partial charge in [0.2, 0.25) is 0 Å². The van der Waals surface area contributed by atoms with Crippen LogP contribution in [0.15, 0.2) is 42.5 Å². The summed E-state index contributed by atoms with van der Waals surface area (Å²) in [5, 5.41) is 9.33. The first-order valence-electron chi connectivity index (χ1n) is 7.97. The second-order valence-corrected chi connectivity index (χ2v) is 5.82. The van der Waals surface area contributed by atoms with Gasteiger partial charge in [-0.05, 0) is 36.5 Å². The molecular formula is C20H22O3. The topological polar surface area (TPSA) is 54.4 Å². The molecule has 0 fully saturated rings. The lowest BCUT2D eigenvalue weighted by Gasteiger charge is -2.08. The molecule has 2 rings (SSSR count). The van der Waals surface area contributed by atoms with Crippen LogP contribution in [0.25, 0.3) is 0 Å². The van der Waals surface area contributed by atoms with Gasteiger partial charge < -0.3 is 5.11 Å². The molecule has 3 heteroatoms. The summed E-state index contributed by atoms with van der Waals surface area (Å²) in [6.07, 6.45) is 3.58. The van der Waals surface area contributed by atoms with Crippen molar-refractivity contribution in [1.82, 2.24) is 0 Å². The first-order valence-corrected chi connectivity index (χ1v) is 7.97. The molecule has 0 aliphatic heterocycles. The van der Waals surface area contributed by atoms with Crippen molar-refractivity contribution in [2.45, 2.75) is 39.5 Å². The normalized spacial score (nSPS) is 10.5. The highest BCUT2D eigenvalue weighted by molar-refractivity contribution is 6.07. The van der Waals surface area contributed by atoms with E-state index in [9.17, 15) is 14.7 Å². The average molecular weight is 310 g/mol. The minimum Gasteiger partial charge on any atom is -0.478 e. The third-order valence-electron chi connectivity index (χ3n) is 3.99. The van der Waals surface area contributed by atoms with Crippen LogP contribution in [0, 0.1) is 6.92 Å². The van der Waals surface area contributed by atoms with Crippen molar-refractivity contribution in [2.24, 2.45) is 0 Å². The number of rotatable bonds is 7. The maximum Gasteiger partial charge on any atom is 0.336 e. The molecule has 2 aromatic carbocycles. The summed E-state index contributed by atoms with van der Waals surface area (Å²) >= 11 is 0. The molecule has 2 aromatic rings. The van der Waals surface area contributed by atoms with E-state index in [2.05, 4.69) is 6.92 Å². The third-order valence-corrected chi connectivity index (χ3v) is 3.99. The summed E-state index contributed by atoms with van der Waals surface area (Å²) in [6, 6.07) is 13.0. The number of aromatic carboxylic acids is 1. The fourth-order valence-corrected chi connectivity index (χ4v) is 2.67. The Hall–Kier alpha value is -2.42. The molecule has 23 heavy (non-hydrogen) atoms. The number of ketones is 1. The molecule has 0 aliphatic rings. The van der Waals surface area contributed by atoms with E-state index in [1.54, 1.807) is 25.1 Å². The molecule has 3 nitrogen and oxygen atoms in total. The Kier molecular flexibility index (Phi) is 5.69. The molecule has 0 spiro atoms. The van der Waals surface area contributed by atoms with E-state index in [4.69, 9.17) is 0 Å². The zero-order valence-electron chi connectivity index (χ0n) is 13.6. The summed E-state index contributed by atoms with van der Waals surface area (Å²) in [6.45, 7) is 3.87. The number of carboxylic acid groups (broad SMARTS) is 1. The molecule has 1 N–H and O–H groups in total. The Morgan fingerprint density at radius 2 is 1.65 bits per heavy atom. The Morgan fingerprint density at radius 3 is 2.26 bits per heavy atom. The highest BCUT2D eigenvalue weighted by Gasteiger charge is 2.18. The van der Waals surface area contributed by atoms with Crippen molar-refractivity contribution in [3.63, 3.8) is 0 Å². The molecular weight excluding hydrogens is 288 g/mol. The third kappa shape index (κ3) is 4.28. The van der Waals surface area contributed by atoms with E-state index < -0.39 is 5.97 Å². The molecule has 0 radical (unpaired) electrons. The van der Waals surface area contributed by atoms with Crippen LogP contribution in [0.4, 0.5) is 0 Å². The monoisotopic (exact) mass is 310 g/mol. The number of carbonyl (C=O) groups excluding carboxylic acids is 1. The van der Waals surface area contributed by atoms with Crippen LogP contribution < -0.4 is 0 Å². The minimum absolute atomic E-state index is 0.108. The van der Waals surface area contributed by atoms with Gasteiger partial charge in [-0.3, -0.25) is 4.79 Å². The predicted molar refractivity (Wildman–Crippen MR) is 91.2 cm³/mol. The van der Waals surface area contributed by atoms with E-state index in [0.717, 1.165) is 24.8 Å². The van der Waals surface area contributed by atoms with Gasteiger partial charge in [0.05, 0.1) is 5.56 Å². The summed E-state index contributed by atoms with van der Waals surface area (Å²) in [5.41, 5.74) is 3.18. The first kappa shape index (κ1) is 16.9. The van der Waals surface area contributed by atoms with Gasteiger partial charge in [-0.2, -0.15) is 0 Å². The largest absolute Gasteiger partial charge is 0.478 e. The number of carbonyl (C=O) groups is 2. The highest BCUT2D eigenvalue weighted by atomic mass is 16.4. The molecule has 120 valence electrons. The van der Waals surface area contributed by atoms with Crippen LogP contribution in [0.2, 0.25) is 0 Å². The Morgan fingerprint density at radius 1 is 1.00 bits per heavy atom. The van der Waals surface area contributed by atoms with E-state index in [-0.39, 0.29) is 23.3 Å². The van der Waals surface area contributed by atoms with Gasteiger partial charge in [-0.25, -0.2) is 4.79 Å². The predicted octanol–water partition coefficient (Wildman–Crippen LogP) is 4.46. The number of hydrogen-bond acceptors (Lipinski definition) is 2. The molecule has 0 atom stereocenters. The molecule has 0 unspecified atom stereocenters. The Bertz CT molecular complexity index is 699. The Balaban J connectivity index is 2.16. The second kappa shape index (κ2) is 7.73. The molecule has 0 amide bonds. The lowest BCUT2D eigenvalue weighted by atomic mass is 9.95. The highest BCUT2D eigenvalue weighted by Crippen LogP contribution is 2.17. The van der Waals surface area contributed by atoms with Crippen LogP contribution in [0.3, 0.4) is 0 Å².